The first kappa shape index (κ1) is 15.4. The Morgan fingerprint density at radius 2 is 1.30 bits per heavy atom. The van der Waals surface area contributed by atoms with Gasteiger partial charge in [0.2, 0.25) is 0 Å². The lowest BCUT2D eigenvalue weighted by molar-refractivity contribution is 0.602. The fraction of sp³-hybridized carbons (Fsp3) is 0.0526. The molecule has 0 N–H and O–H groups in total. The normalized spacial score (nSPS) is 13.6. The second kappa shape index (κ2) is 5.97. The van der Waals surface area contributed by atoms with Gasteiger partial charge in [-0.15, -0.1) is 0 Å². The first-order valence-corrected chi connectivity index (χ1v) is 9.00. The molecule has 3 rings (SSSR count). The van der Waals surface area contributed by atoms with Crippen LogP contribution in [-0.2, 0) is 9.84 Å². The molecule has 0 bridgehead atoms. The highest BCUT2D eigenvalue weighted by Gasteiger charge is 2.12. The van der Waals surface area contributed by atoms with Crippen molar-refractivity contribution in [3.05, 3.63) is 95.4 Å². The van der Waals surface area contributed by atoms with Gasteiger partial charge in [0, 0.05) is 6.26 Å². The van der Waals surface area contributed by atoms with Gasteiger partial charge < -0.3 is 0 Å². The quantitative estimate of drug-likeness (QED) is 0.849. The molecule has 0 radical (unpaired) electrons. The van der Waals surface area contributed by atoms with Crippen molar-refractivity contribution >= 4 is 15.4 Å². The summed E-state index contributed by atoms with van der Waals surface area (Å²) in [5.41, 5.74) is 3.71. The van der Waals surface area contributed by atoms with Crippen LogP contribution in [-0.4, -0.2) is 14.7 Å². The van der Waals surface area contributed by atoms with E-state index in [0.717, 1.165) is 22.3 Å². The van der Waals surface area contributed by atoms with Crippen molar-refractivity contribution in [1.82, 2.24) is 0 Å². The minimum absolute atomic E-state index is 0.280. The third-order valence-corrected chi connectivity index (χ3v) is 4.78. The lowest BCUT2D eigenvalue weighted by atomic mass is 9.93. The standard InChI is InChI=1S/C19H15FO2S/c1-23(21,22)18-12-8-16(9-13-18)19(14-4-2-3-5-14)15-6-10-17(20)11-7-15/h2-13H,1H3. The largest absolute Gasteiger partial charge is 0.224 e. The van der Waals surface area contributed by atoms with Crippen molar-refractivity contribution in [2.24, 2.45) is 0 Å². The molecule has 0 fully saturated rings. The Hall–Kier alpha value is -2.46. The summed E-state index contributed by atoms with van der Waals surface area (Å²) in [7, 11) is -3.23. The molecule has 0 unspecified atom stereocenters. The number of halogens is 1. The zero-order valence-corrected chi connectivity index (χ0v) is 13.3. The maximum atomic E-state index is 13.2. The molecule has 2 nitrogen and oxygen atoms in total. The average Bonchev–Trinajstić information content (AvgIpc) is 3.03. The predicted molar refractivity (Wildman–Crippen MR) is 90.3 cm³/mol. The van der Waals surface area contributed by atoms with Crippen molar-refractivity contribution < 1.29 is 12.8 Å². The van der Waals surface area contributed by atoms with Crippen LogP contribution in [0.5, 0.6) is 0 Å². The Morgan fingerprint density at radius 1 is 0.826 bits per heavy atom. The SMILES string of the molecule is CS(=O)(=O)c1ccc(C(=C2C=CC=C2)c2ccc(F)cc2)cc1. The Kier molecular flexibility index (Phi) is 4.01. The minimum atomic E-state index is -3.23. The summed E-state index contributed by atoms with van der Waals surface area (Å²) < 4.78 is 36.4. The van der Waals surface area contributed by atoms with Crippen molar-refractivity contribution in [2.45, 2.75) is 4.90 Å². The zero-order chi connectivity index (χ0) is 16.4. The van der Waals surface area contributed by atoms with Gasteiger partial charge in [-0.1, -0.05) is 48.6 Å². The Balaban J connectivity index is 2.14. The summed E-state index contributed by atoms with van der Waals surface area (Å²) in [6.45, 7) is 0. The average molecular weight is 326 g/mol. The molecule has 116 valence electrons. The number of benzene rings is 2. The maximum Gasteiger partial charge on any atom is 0.175 e. The Labute approximate surface area is 135 Å². The third kappa shape index (κ3) is 3.32. The number of allylic oxidation sites excluding steroid dienone is 5. The highest BCUT2D eigenvalue weighted by atomic mass is 32.2. The fourth-order valence-electron chi connectivity index (χ4n) is 2.53. The van der Waals surface area contributed by atoms with Crippen LogP contribution in [0.4, 0.5) is 4.39 Å². The lowest BCUT2D eigenvalue weighted by Crippen LogP contribution is -1.98. The second-order valence-corrected chi connectivity index (χ2v) is 7.37. The topological polar surface area (TPSA) is 34.1 Å². The predicted octanol–water partition coefficient (Wildman–Crippen LogP) is 4.16. The molecule has 0 atom stereocenters. The van der Waals surface area contributed by atoms with Gasteiger partial charge >= 0.3 is 0 Å². The van der Waals surface area contributed by atoms with Crippen LogP contribution in [0.2, 0.25) is 0 Å². The monoisotopic (exact) mass is 326 g/mol. The molecular weight excluding hydrogens is 311 g/mol. The second-order valence-electron chi connectivity index (χ2n) is 5.35. The molecule has 2 aromatic carbocycles. The van der Waals surface area contributed by atoms with Gasteiger partial charge in [-0.05, 0) is 46.5 Å². The number of hydrogen-bond acceptors (Lipinski definition) is 2. The van der Waals surface area contributed by atoms with E-state index in [-0.39, 0.29) is 10.7 Å². The summed E-state index contributed by atoms with van der Waals surface area (Å²) in [4.78, 5) is 0.280. The highest BCUT2D eigenvalue weighted by Crippen LogP contribution is 2.30. The van der Waals surface area contributed by atoms with Crippen LogP contribution >= 0.6 is 0 Å². The van der Waals surface area contributed by atoms with Crippen molar-refractivity contribution in [3.8, 4) is 0 Å². The first-order chi connectivity index (χ1) is 10.9. The summed E-state index contributed by atoms with van der Waals surface area (Å²) in [5, 5.41) is 0. The van der Waals surface area contributed by atoms with Crippen LogP contribution in [0.1, 0.15) is 11.1 Å². The van der Waals surface area contributed by atoms with Crippen LogP contribution in [0.3, 0.4) is 0 Å². The molecule has 4 heteroatoms. The molecule has 0 heterocycles. The van der Waals surface area contributed by atoms with E-state index < -0.39 is 9.84 Å². The molecule has 0 aliphatic heterocycles. The van der Waals surface area contributed by atoms with E-state index in [0.29, 0.717) is 0 Å². The van der Waals surface area contributed by atoms with E-state index in [2.05, 4.69) is 0 Å². The van der Waals surface area contributed by atoms with Gasteiger partial charge in [-0.2, -0.15) is 0 Å². The maximum absolute atomic E-state index is 13.2. The van der Waals surface area contributed by atoms with Gasteiger partial charge in [0.25, 0.3) is 0 Å². The molecule has 0 saturated carbocycles. The first-order valence-electron chi connectivity index (χ1n) is 7.10. The van der Waals surface area contributed by atoms with Gasteiger partial charge in [0.05, 0.1) is 4.90 Å². The van der Waals surface area contributed by atoms with Crippen LogP contribution in [0.25, 0.3) is 5.57 Å². The molecule has 0 aromatic heterocycles. The number of sulfone groups is 1. The Morgan fingerprint density at radius 3 is 1.78 bits per heavy atom. The van der Waals surface area contributed by atoms with Crippen LogP contribution in [0.15, 0.2) is 83.3 Å². The molecule has 1 aliphatic rings. The zero-order valence-electron chi connectivity index (χ0n) is 12.5. The van der Waals surface area contributed by atoms with E-state index in [4.69, 9.17) is 0 Å². The molecule has 2 aromatic rings. The number of rotatable bonds is 3. The Bertz CT molecular complexity index is 902. The van der Waals surface area contributed by atoms with Crippen molar-refractivity contribution in [1.29, 1.82) is 0 Å². The molecule has 0 spiro atoms. The summed E-state index contributed by atoms with van der Waals surface area (Å²) in [6, 6.07) is 13.0. The van der Waals surface area contributed by atoms with Gasteiger partial charge in [-0.3, -0.25) is 0 Å². The molecule has 1 aliphatic carbocycles. The summed E-state index contributed by atoms with van der Waals surface area (Å²) >= 11 is 0. The van der Waals surface area contributed by atoms with E-state index in [9.17, 15) is 12.8 Å². The van der Waals surface area contributed by atoms with Crippen molar-refractivity contribution in [2.75, 3.05) is 6.26 Å². The van der Waals surface area contributed by atoms with E-state index in [1.165, 1.54) is 18.4 Å². The van der Waals surface area contributed by atoms with E-state index in [1.807, 2.05) is 24.3 Å². The van der Waals surface area contributed by atoms with Crippen LogP contribution < -0.4 is 0 Å². The number of hydrogen-bond donors (Lipinski definition) is 0. The van der Waals surface area contributed by atoms with E-state index in [1.54, 1.807) is 36.4 Å². The summed E-state index contributed by atoms with van der Waals surface area (Å²) in [6.07, 6.45) is 9.00. The molecule has 23 heavy (non-hydrogen) atoms. The summed E-state index contributed by atoms with van der Waals surface area (Å²) in [5.74, 6) is -0.289. The molecule has 0 amide bonds. The molecule has 0 saturated heterocycles. The minimum Gasteiger partial charge on any atom is -0.224 e. The van der Waals surface area contributed by atoms with Gasteiger partial charge in [-0.25, -0.2) is 12.8 Å². The van der Waals surface area contributed by atoms with Gasteiger partial charge in [0.1, 0.15) is 5.82 Å². The van der Waals surface area contributed by atoms with Crippen molar-refractivity contribution in [3.63, 3.8) is 0 Å². The smallest absolute Gasteiger partial charge is 0.175 e. The molecular formula is C19H15FO2S. The fourth-order valence-corrected chi connectivity index (χ4v) is 3.16. The van der Waals surface area contributed by atoms with Gasteiger partial charge in [0.15, 0.2) is 9.84 Å². The third-order valence-electron chi connectivity index (χ3n) is 3.66. The lowest BCUT2D eigenvalue weighted by Gasteiger charge is -2.12. The van der Waals surface area contributed by atoms with Crippen LogP contribution in [0, 0.1) is 5.82 Å². The highest BCUT2D eigenvalue weighted by molar-refractivity contribution is 7.90. The van der Waals surface area contributed by atoms with E-state index >= 15 is 0 Å².